The highest BCUT2D eigenvalue weighted by Crippen LogP contribution is 2.16. The van der Waals surface area contributed by atoms with Crippen LogP contribution in [0.1, 0.15) is 26.4 Å². The normalized spacial score (nSPS) is 10.3. The van der Waals surface area contributed by atoms with Gasteiger partial charge in [-0.05, 0) is 25.1 Å². The molecule has 0 unspecified atom stereocenters. The van der Waals surface area contributed by atoms with Crippen molar-refractivity contribution in [2.75, 3.05) is 5.32 Å². The number of aryl methyl sites for hydroxylation is 1. The zero-order valence-electron chi connectivity index (χ0n) is 11.0. The van der Waals surface area contributed by atoms with Crippen molar-refractivity contribution in [3.63, 3.8) is 0 Å². The second-order valence-corrected chi connectivity index (χ2v) is 4.28. The molecular formula is C13H13FN4O2. The van der Waals surface area contributed by atoms with Gasteiger partial charge in [0.2, 0.25) is 0 Å². The van der Waals surface area contributed by atoms with Gasteiger partial charge in [0.15, 0.2) is 0 Å². The minimum absolute atomic E-state index is 0.272. The first-order chi connectivity index (χ1) is 9.40. The molecule has 0 saturated heterocycles. The number of halogens is 1. The van der Waals surface area contributed by atoms with Gasteiger partial charge in [0.05, 0.1) is 17.3 Å². The Labute approximate surface area is 114 Å². The van der Waals surface area contributed by atoms with Crippen molar-refractivity contribution < 1.29 is 14.0 Å². The number of primary amides is 1. The van der Waals surface area contributed by atoms with Crippen LogP contribution in [-0.2, 0) is 7.05 Å². The lowest BCUT2D eigenvalue weighted by Crippen LogP contribution is -2.16. The van der Waals surface area contributed by atoms with Gasteiger partial charge in [0, 0.05) is 18.4 Å². The number of carbonyl (C=O) groups excluding carboxylic acids is 2. The number of amides is 2. The van der Waals surface area contributed by atoms with E-state index in [1.807, 2.05) is 0 Å². The standard InChI is InChI=1S/C13H13FN4O2/c1-7-10(6-16-18(7)2)13(20)17-8-3-4-11(14)9(5-8)12(15)19/h3-6H,1-2H3,(H2,15,19)(H,17,20). The average molecular weight is 276 g/mol. The number of aromatic nitrogens is 2. The molecular weight excluding hydrogens is 263 g/mol. The summed E-state index contributed by atoms with van der Waals surface area (Å²) >= 11 is 0. The first-order valence-corrected chi connectivity index (χ1v) is 5.79. The lowest BCUT2D eigenvalue weighted by atomic mass is 10.1. The molecule has 7 heteroatoms. The van der Waals surface area contributed by atoms with E-state index in [1.165, 1.54) is 18.3 Å². The molecule has 0 bridgehead atoms. The summed E-state index contributed by atoms with van der Waals surface area (Å²) in [6, 6.07) is 3.62. The highest BCUT2D eigenvalue weighted by Gasteiger charge is 2.15. The topological polar surface area (TPSA) is 90.0 Å². The van der Waals surface area contributed by atoms with Gasteiger partial charge in [0.25, 0.3) is 11.8 Å². The van der Waals surface area contributed by atoms with Crippen LogP contribution in [0.3, 0.4) is 0 Å². The van der Waals surface area contributed by atoms with E-state index in [4.69, 9.17) is 5.73 Å². The number of hydrogen-bond donors (Lipinski definition) is 2. The zero-order valence-corrected chi connectivity index (χ0v) is 11.0. The fraction of sp³-hybridized carbons (Fsp3) is 0.154. The molecule has 1 aromatic heterocycles. The first kappa shape index (κ1) is 13.7. The first-order valence-electron chi connectivity index (χ1n) is 5.79. The Morgan fingerprint density at radius 1 is 1.35 bits per heavy atom. The molecule has 104 valence electrons. The van der Waals surface area contributed by atoms with E-state index in [1.54, 1.807) is 18.7 Å². The molecule has 0 saturated carbocycles. The van der Waals surface area contributed by atoms with Gasteiger partial charge in [-0.2, -0.15) is 5.10 Å². The van der Waals surface area contributed by atoms with Crippen LogP contribution < -0.4 is 11.1 Å². The third-order valence-corrected chi connectivity index (χ3v) is 2.97. The van der Waals surface area contributed by atoms with Gasteiger partial charge in [-0.1, -0.05) is 0 Å². The fourth-order valence-electron chi connectivity index (χ4n) is 1.71. The number of rotatable bonds is 3. The number of carbonyl (C=O) groups is 2. The summed E-state index contributed by atoms with van der Waals surface area (Å²) in [5, 5.41) is 6.53. The number of nitrogens with two attached hydrogens (primary N) is 1. The molecule has 6 nitrogen and oxygen atoms in total. The Hall–Kier alpha value is -2.70. The molecule has 0 aliphatic rings. The van der Waals surface area contributed by atoms with Crippen molar-refractivity contribution in [3.05, 3.63) is 47.0 Å². The summed E-state index contributed by atoms with van der Waals surface area (Å²) < 4.78 is 14.9. The van der Waals surface area contributed by atoms with E-state index in [-0.39, 0.29) is 11.3 Å². The number of nitrogens with one attached hydrogen (secondary N) is 1. The van der Waals surface area contributed by atoms with Crippen molar-refractivity contribution >= 4 is 17.5 Å². The highest BCUT2D eigenvalue weighted by molar-refractivity contribution is 6.05. The maximum absolute atomic E-state index is 13.3. The zero-order chi connectivity index (χ0) is 14.9. The van der Waals surface area contributed by atoms with Crippen LogP contribution in [0.2, 0.25) is 0 Å². The molecule has 0 aliphatic carbocycles. The molecule has 2 amide bonds. The highest BCUT2D eigenvalue weighted by atomic mass is 19.1. The molecule has 20 heavy (non-hydrogen) atoms. The summed E-state index contributed by atoms with van der Waals surface area (Å²) in [5.74, 6) is -2.01. The Kier molecular flexibility index (Phi) is 3.51. The monoisotopic (exact) mass is 276 g/mol. The second kappa shape index (κ2) is 5.12. The predicted octanol–water partition coefficient (Wildman–Crippen LogP) is 1.22. The largest absolute Gasteiger partial charge is 0.366 e. The third-order valence-electron chi connectivity index (χ3n) is 2.97. The van der Waals surface area contributed by atoms with Crippen LogP contribution in [0.25, 0.3) is 0 Å². The number of nitrogens with zero attached hydrogens (tertiary/aromatic N) is 2. The van der Waals surface area contributed by atoms with Crippen LogP contribution in [0, 0.1) is 12.7 Å². The van der Waals surface area contributed by atoms with E-state index < -0.39 is 17.6 Å². The van der Waals surface area contributed by atoms with Crippen molar-refractivity contribution in [1.29, 1.82) is 0 Å². The van der Waals surface area contributed by atoms with Crippen LogP contribution >= 0.6 is 0 Å². The van der Waals surface area contributed by atoms with E-state index >= 15 is 0 Å². The van der Waals surface area contributed by atoms with Crippen molar-refractivity contribution in [3.8, 4) is 0 Å². The fourth-order valence-corrected chi connectivity index (χ4v) is 1.71. The maximum atomic E-state index is 13.3. The molecule has 0 radical (unpaired) electrons. The van der Waals surface area contributed by atoms with Gasteiger partial charge < -0.3 is 11.1 Å². The molecule has 0 aliphatic heterocycles. The summed E-state index contributed by atoms with van der Waals surface area (Å²) in [7, 11) is 1.72. The predicted molar refractivity (Wildman–Crippen MR) is 70.8 cm³/mol. The average Bonchev–Trinajstić information content (AvgIpc) is 2.72. The van der Waals surface area contributed by atoms with Crippen molar-refractivity contribution in [2.45, 2.75) is 6.92 Å². The summed E-state index contributed by atoms with van der Waals surface area (Å²) in [4.78, 5) is 23.1. The van der Waals surface area contributed by atoms with Gasteiger partial charge in [-0.3, -0.25) is 14.3 Å². The molecule has 1 aromatic carbocycles. The molecule has 3 N–H and O–H groups in total. The number of anilines is 1. The van der Waals surface area contributed by atoms with E-state index in [0.29, 0.717) is 11.3 Å². The Morgan fingerprint density at radius 2 is 2.05 bits per heavy atom. The third kappa shape index (κ3) is 2.51. The molecule has 0 atom stereocenters. The van der Waals surface area contributed by atoms with Crippen molar-refractivity contribution in [1.82, 2.24) is 9.78 Å². The minimum Gasteiger partial charge on any atom is -0.366 e. The Morgan fingerprint density at radius 3 is 2.60 bits per heavy atom. The van der Waals surface area contributed by atoms with E-state index in [2.05, 4.69) is 10.4 Å². The SMILES string of the molecule is Cc1c(C(=O)Nc2ccc(F)c(C(N)=O)c2)cnn1C. The van der Waals surface area contributed by atoms with E-state index in [9.17, 15) is 14.0 Å². The molecule has 0 fully saturated rings. The quantitative estimate of drug-likeness (QED) is 0.883. The Balaban J connectivity index is 2.26. The number of hydrogen-bond acceptors (Lipinski definition) is 3. The molecule has 0 spiro atoms. The van der Waals surface area contributed by atoms with Gasteiger partial charge in [0.1, 0.15) is 5.82 Å². The number of benzene rings is 1. The van der Waals surface area contributed by atoms with Crippen LogP contribution in [-0.4, -0.2) is 21.6 Å². The molecule has 1 heterocycles. The van der Waals surface area contributed by atoms with Crippen LogP contribution in [0.15, 0.2) is 24.4 Å². The molecule has 2 rings (SSSR count). The summed E-state index contributed by atoms with van der Waals surface area (Å²) in [6.45, 7) is 1.75. The lowest BCUT2D eigenvalue weighted by Gasteiger charge is -2.06. The van der Waals surface area contributed by atoms with Crippen LogP contribution in [0.4, 0.5) is 10.1 Å². The Bertz CT molecular complexity index is 694. The smallest absolute Gasteiger partial charge is 0.259 e. The van der Waals surface area contributed by atoms with Gasteiger partial charge in [-0.25, -0.2) is 4.39 Å². The summed E-state index contributed by atoms with van der Waals surface area (Å²) in [5.41, 5.74) is 6.16. The van der Waals surface area contributed by atoms with Gasteiger partial charge >= 0.3 is 0 Å². The summed E-state index contributed by atoms with van der Waals surface area (Å²) in [6.07, 6.45) is 1.43. The minimum atomic E-state index is -0.892. The lowest BCUT2D eigenvalue weighted by molar-refractivity contribution is 0.0992. The van der Waals surface area contributed by atoms with E-state index in [0.717, 1.165) is 6.07 Å². The second-order valence-electron chi connectivity index (χ2n) is 4.28. The van der Waals surface area contributed by atoms with Crippen LogP contribution in [0.5, 0.6) is 0 Å². The van der Waals surface area contributed by atoms with Crippen molar-refractivity contribution in [2.24, 2.45) is 12.8 Å². The molecule has 2 aromatic rings. The maximum Gasteiger partial charge on any atom is 0.259 e. The van der Waals surface area contributed by atoms with Gasteiger partial charge in [-0.15, -0.1) is 0 Å².